The van der Waals surface area contributed by atoms with Gasteiger partial charge in [0.15, 0.2) is 0 Å². The Labute approximate surface area is 127 Å². The first-order chi connectivity index (χ1) is 10.6. The lowest BCUT2D eigenvalue weighted by Crippen LogP contribution is -2.29. The topological polar surface area (TPSA) is 77.3 Å². The van der Waals surface area contributed by atoms with Crippen molar-refractivity contribution >= 4 is 17.6 Å². The average Bonchev–Trinajstić information content (AvgIpc) is 2.93. The number of esters is 1. The molecule has 0 aliphatic carbocycles. The normalized spacial score (nSPS) is 13.1. The van der Waals surface area contributed by atoms with Crippen LogP contribution in [0.1, 0.15) is 23.0 Å². The molecule has 7 heteroatoms. The molecular weight excluding hydrogens is 284 g/mol. The molecule has 0 radical (unpaired) electrons. The zero-order chi connectivity index (χ0) is 15.7. The Bertz CT molecular complexity index is 767. The zero-order valence-electron chi connectivity index (χ0n) is 12.4. The predicted octanol–water partition coefficient (Wildman–Crippen LogP) is 1.28. The molecule has 1 aromatic carbocycles. The molecule has 22 heavy (non-hydrogen) atoms. The Morgan fingerprint density at radius 1 is 1.23 bits per heavy atom. The fourth-order valence-electron chi connectivity index (χ4n) is 2.41. The lowest BCUT2D eigenvalue weighted by molar-refractivity contribution is 0.0515. The molecule has 0 spiro atoms. The minimum absolute atomic E-state index is 0.192. The van der Waals surface area contributed by atoms with Gasteiger partial charge in [0.1, 0.15) is 0 Å². The van der Waals surface area contributed by atoms with Crippen LogP contribution in [0.5, 0.6) is 0 Å². The second-order valence-electron chi connectivity index (χ2n) is 5.01. The number of nitrogens with zero attached hydrogens (tertiary/aromatic N) is 4. The standard InChI is InChI=1S/C15H16N4O3/c1-3-22-14(21)12-13(20)19-9-8-18(15(19)17-16-12)11-6-4-10(2)5-7-11/h4-7H,3,8-9H2,1-2H3. The van der Waals surface area contributed by atoms with Gasteiger partial charge in [0.2, 0.25) is 11.6 Å². The summed E-state index contributed by atoms with van der Waals surface area (Å²) >= 11 is 0. The van der Waals surface area contributed by atoms with Crippen molar-refractivity contribution in [2.75, 3.05) is 18.1 Å². The number of carbonyl (C=O) groups is 1. The summed E-state index contributed by atoms with van der Waals surface area (Å²) in [6.07, 6.45) is 0. The highest BCUT2D eigenvalue weighted by atomic mass is 16.5. The van der Waals surface area contributed by atoms with Crippen LogP contribution < -0.4 is 10.5 Å². The summed E-state index contributed by atoms with van der Waals surface area (Å²) in [5.41, 5.74) is 1.37. The second-order valence-corrected chi connectivity index (χ2v) is 5.01. The van der Waals surface area contributed by atoms with Crippen molar-refractivity contribution in [1.82, 2.24) is 14.8 Å². The summed E-state index contributed by atoms with van der Waals surface area (Å²) in [4.78, 5) is 25.9. The van der Waals surface area contributed by atoms with E-state index >= 15 is 0 Å². The molecule has 114 valence electrons. The van der Waals surface area contributed by atoms with Crippen LogP contribution in [0.2, 0.25) is 0 Å². The fraction of sp³-hybridized carbons (Fsp3) is 0.333. The van der Waals surface area contributed by atoms with E-state index in [1.807, 2.05) is 36.1 Å². The van der Waals surface area contributed by atoms with Crippen molar-refractivity contribution in [2.45, 2.75) is 20.4 Å². The van der Waals surface area contributed by atoms with Crippen LogP contribution in [0.25, 0.3) is 0 Å². The highest BCUT2D eigenvalue weighted by Gasteiger charge is 2.27. The van der Waals surface area contributed by atoms with Gasteiger partial charge >= 0.3 is 5.97 Å². The number of rotatable bonds is 3. The van der Waals surface area contributed by atoms with E-state index in [0.717, 1.165) is 11.3 Å². The van der Waals surface area contributed by atoms with Crippen molar-refractivity contribution in [3.8, 4) is 0 Å². The maximum atomic E-state index is 12.3. The van der Waals surface area contributed by atoms with Crippen molar-refractivity contribution in [3.05, 3.63) is 45.9 Å². The summed E-state index contributed by atoms with van der Waals surface area (Å²) in [7, 11) is 0. The first-order valence-electron chi connectivity index (χ1n) is 7.10. The molecule has 7 nitrogen and oxygen atoms in total. The van der Waals surface area contributed by atoms with E-state index in [4.69, 9.17) is 4.74 Å². The molecule has 0 saturated heterocycles. The van der Waals surface area contributed by atoms with E-state index in [0.29, 0.717) is 19.0 Å². The number of hydrogen-bond acceptors (Lipinski definition) is 6. The van der Waals surface area contributed by atoms with Crippen LogP contribution in [0, 0.1) is 6.92 Å². The highest BCUT2D eigenvalue weighted by Crippen LogP contribution is 2.26. The van der Waals surface area contributed by atoms with Crippen LogP contribution in [-0.4, -0.2) is 33.9 Å². The van der Waals surface area contributed by atoms with Gasteiger partial charge in [-0.05, 0) is 26.0 Å². The maximum Gasteiger partial charge on any atom is 0.364 e. The quantitative estimate of drug-likeness (QED) is 0.795. The SMILES string of the molecule is CCOC(=O)c1nnc2n(c1=O)CCN2c1ccc(C)cc1. The van der Waals surface area contributed by atoms with Gasteiger partial charge < -0.3 is 9.64 Å². The Balaban J connectivity index is 1.99. The van der Waals surface area contributed by atoms with E-state index < -0.39 is 11.5 Å². The van der Waals surface area contributed by atoms with Crippen molar-refractivity contribution in [2.24, 2.45) is 0 Å². The summed E-state index contributed by atoms with van der Waals surface area (Å²) in [6.45, 7) is 4.95. The van der Waals surface area contributed by atoms with Gasteiger partial charge in [-0.15, -0.1) is 10.2 Å². The van der Waals surface area contributed by atoms with E-state index in [9.17, 15) is 9.59 Å². The number of carbonyl (C=O) groups excluding carboxylic acids is 1. The van der Waals surface area contributed by atoms with Crippen molar-refractivity contribution in [3.63, 3.8) is 0 Å². The Kier molecular flexibility index (Phi) is 3.62. The Morgan fingerprint density at radius 3 is 2.64 bits per heavy atom. The molecule has 0 saturated carbocycles. The Hall–Kier alpha value is -2.70. The van der Waals surface area contributed by atoms with Gasteiger partial charge in [0.25, 0.3) is 5.56 Å². The summed E-state index contributed by atoms with van der Waals surface area (Å²) in [5.74, 6) is -0.286. The van der Waals surface area contributed by atoms with E-state index in [1.165, 1.54) is 4.57 Å². The molecule has 3 rings (SSSR count). The first-order valence-corrected chi connectivity index (χ1v) is 7.10. The predicted molar refractivity (Wildman–Crippen MR) is 80.4 cm³/mol. The molecule has 0 amide bonds. The largest absolute Gasteiger partial charge is 0.461 e. The minimum atomic E-state index is -0.732. The summed E-state index contributed by atoms with van der Waals surface area (Å²) < 4.78 is 6.28. The smallest absolute Gasteiger partial charge is 0.364 e. The number of anilines is 2. The van der Waals surface area contributed by atoms with Gasteiger partial charge in [-0.25, -0.2) is 4.79 Å². The molecule has 0 unspecified atom stereocenters. The third-order valence-corrected chi connectivity index (χ3v) is 3.53. The van der Waals surface area contributed by atoms with Crippen LogP contribution in [-0.2, 0) is 11.3 Å². The Morgan fingerprint density at radius 2 is 1.95 bits per heavy atom. The lowest BCUT2D eigenvalue weighted by Gasteiger charge is -2.16. The van der Waals surface area contributed by atoms with Crippen molar-refractivity contribution < 1.29 is 9.53 Å². The van der Waals surface area contributed by atoms with E-state index in [1.54, 1.807) is 6.92 Å². The zero-order valence-corrected chi connectivity index (χ0v) is 12.4. The summed E-state index contributed by atoms with van der Waals surface area (Å²) in [5, 5.41) is 7.80. The van der Waals surface area contributed by atoms with Crippen LogP contribution in [0.3, 0.4) is 0 Å². The van der Waals surface area contributed by atoms with Gasteiger partial charge in [0.05, 0.1) is 6.61 Å². The average molecular weight is 300 g/mol. The fourth-order valence-corrected chi connectivity index (χ4v) is 2.41. The lowest BCUT2D eigenvalue weighted by atomic mass is 10.2. The van der Waals surface area contributed by atoms with Gasteiger partial charge in [-0.3, -0.25) is 9.36 Å². The molecule has 2 heterocycles. The molecule has 1 aliphatic heterocycles. The highest BCUT2D eigenvalue weighted by molar-refractivity contribution is 5.86. The van der Waals surface area contributed by atoms with Crippen molar-refractivity contribution in [1.29, 1.82) is 0 Å². The monoisotopic (exact) mass is 300 g/mol. The minimum Gasteiger partial charge on any atom is -0.461 e. The number of aromatic nitrogens is 3. The number of ether oxygens (including phenoxy) is 1. The third kappa shape index (κ3) is 2.34. The third-order valence-electron chi connectivity index (χ3n) is 3.53. The molecule has 1 aliphatic rings. The summed E-state index contributed by atoms with van der Waals surface area (Å²) in [6, 6.07) is 7.93. The van der Waals surface area contributed by atoms with Crippen LogP contribution >= 0.6 is 0 Å². The molecule has 0 fully saturated rings. The number of benzene rings is 1. The van der Waals surface area contributed by atoms with E-state index in [2.05, 4.69) is 10.2 Å². The molecule has 0 N–H and O–H groups in total. The molecule has 0 atom stereocenters. The van der Waals surface area contributed by atoms with Crippen LogP contribution in [0.4, 0.5) is 11.6 Å². The number of hydrogen-bond donors (Lipinski definition) is 0. The van der Waals surface area contributed by atoms with Gasteiger partial charge in [-0.1, -0.05) is 17.7 Å². The van der Waals surface area contributed by atoms with Gasteiger partial charge in [-0.2, -0.15) is 0 Å². The van der Waals surface area contributed by atoms with Crippen LogP contribution in [0.15, 0.2) is 29.1 Å². The molecule has 0 bridgehead atoms. The molecule has 2 aromatic rings. The number of aryl methyl sites for hydroxylation is 1. The van der Waals surface area contributed by atoms with Gasteiger partial charge in [0, 0.05) is 18.8 Å². The second kappa shape index (κ2) is 5.59. The number of fused-ring (bicyclic) bond motifs is 1. The maximum absolute atomic E-state index is 12.3. The van der Waals surface area contributed by atoms with E-state index in [-0.39, 0.29) is 12.3 Å². The molecular formula is C15H16N4O3. The molecule has 1 aromatic heterocycles. The first kappa shape index (κ1) is 14.2.